The fraction of sp³-hybridized carbons (Fsp3) is 0.857. The molecule has 0 rings (SSSR count). The number of nitrogens with zero attached hydrogens (tertiary/aromatic N) is 1. The van der Waals surface area contributed by atoms with Gasteiger partial charge in [-0.15, -0.1) is 0 Å². The molecule has 0 fully saturated rings. The summed E-state index contributed by atoms with van der Waals surface area (Å²) >= 11 is 0. The molecule has 0 aromatic rings. The van der Waals surface area contributed by atoms with Crippen molar-refractivity contribution in [2.75, 3.05) is 40.9 Å². The molecular weight excluding hydrogens is 1010 g/mol. The van der Waals surface area contributed by atoms with Crippen LogP contribution in [0, 0.1) is 0 Å². The predicted octanol–water partition coefficient (Wildman–Crippen LogP) is 21.6. The molecule has 0 radical (unpaired) electrons. The summed E-state index contributed by atoms with van der Waals surface area (Å²) in [5.41, 5.74) is 0. The van der Waals surface area contributed by atoms with Gasteiger partial charge < -0.3 is 19.4 Å². The first-order valence-corrected chi connectivity index (χ1v) is 36.0. The Morgan fingerprint density at radius 2 is 0.762 bits per heavy atom. The van der Waals surface area contributed by atoms with Crippen molar-refractivity contribution in [3.05, 3.63) is 48.6 Å². The van der Waals surface area contributed by atoms with Gasteiger partial charge in [0.05, 0.1) is 33.8 Å². The summed E-state index contributed by atoms with van der Waals surface area (Å²) in [6.45, 7) is 7.02. The Bertz CT molecular complexity index is 1510. The van der Waals surface area contributed by atoms with E-state index in [1.165, 1.54) is 231 Å². The number of allylic oxidation sites excluding steroid dienone is 7. The fourth-order valence-electron chi connectivity index (χ4n) is 10.2. The Balaban J connectivity index is 4.98. The molecule has 0 aliphatic carbocycles. The lowest BCUT2D eigenvalue weighted by Gasteiger charge is -2.27. The molecule has 80 heavy (non-hydrogen) atoms. The SMILES string of the molecule is CCCCC/C=C\C/C=C\C/C=C\CCCCCCCCCCCCCCCCC(=O)OC(/C=C\CCCCCCCCCCC)C(COP(=O)(O)OCC[N+](C)(C)C)NC(=O)CCCCCCCCCCCCCCCCCC. The van der Waals surface area contributed by atoms with E-state index in [0.717, 1.165) is 70.6 Å². The van der Waals surface area contributed by atoms with Crippen LogP contribution in [-0.4, -0.2) is 74.3 Å². The highest BCUT2D eigenvalue weighted by Crippen LogP contribution is 2.43. The number of carbonyl (C=O) groups excluding carboxylic acids is 2. The highest BCUT2D eigenvalue weighted by molar-refractivity contribution is 7.47. The minimum atomic E-state index is -4.45. The third-order valence-electron chi connectivity index (χ3n) is 15.5. The van der Waals surface area contributed by atoms with Crippen LogP contribution in [0.25, 0.3) is 0 Å². The van der Waals surface area contributed by atoms with Crippen molar-refractivity contribution in [3.63, 3.8) is 0 Å². The maximum atomic E-state index is 13.6. The lowest BCUT2D eigenvalue weighted by molar-refractivity contribution is -0.870. The minimum absolute atomic E-state index is 0.0424. The van der Waals surface area contributed by atoms with E-state index in [0.29, 0.717) is 23.9 Å². The number of amides is 1. The van der Waals surface area contributed by atoms with Crippen LogP contribution in [0.4, 0.5) is 0 Å². The standard InChI is InChI=1S/C70H133N2O7P/c1-7-10-13-16-19-22-25-27-29-31-32-33-34-35-36-37-38-39-40-41-43-45-48-51-54-57-60-63-70(74)79-68(61-58-55-52-49-46-24-21-18-15-12-9-3)67(66-78-80(75,76)77-65-64-72(4,5)6)71-69(73)62-59-56-53-50-47-44-42-30-28-26-23-20-17-14-11-8-2/h19,22,27,29,32-33,58,61,67-68H,7-18,20-21,23-26,28,30-31,34-57,59-60,62-66H2,1-6H3,(H-,71,73,75,76)/p+1/b22-19-,29-27-,33-32-,61-58-. The van der Waals surface area contributed by atoms with Crippen LogP contribution in [0.15, 0.2) is 48.6 Å². The van der Waals surface area contributed by atoms with Gasteiger partial charge in [-0.25, -0.2) is 4.57 Å². The number of unbranched alkanes of at least 4 members (excludes halogenated alkanes) is 41. The van der Waals surface area contributed by atoms with Gasteiger partial charge in [-0.3, -0.25) is 18.6 Å². The van der Waals surface area contributed by atoms with Gasteiger partial charge in [-0.2, -0.15) is 0 Å². The zero-order valence-electron chi connectivity index (χ0n) is 53.8. The molecule has 0 aliphatic heterocycles. The van der Waals surface area contributed by atoms with Crippen LogP contribution in [0.5, 0.6) is 0 Å². The number of hydrogen-bond acceptors (Lipinski definition) is 6. The molecule has 10 heteroatoms. The van der Waals surface area contributed by atoms with Crippen LogP contribution in [0.1, 0.15) is 335 Å². The maximum absolute atomic E-state index is 13.6. The molecule has 470 valence electrons. The second-order valence-electron chi connectivity index (χ2n) is 24.7. The van der Waals surface area contributed by atoms with E-state index in [1.807, 2.05) is 33.3 Å². The molecule has 2 N–H and O–H groups in total. The Morgan fingerprint density at radius 1 is 0.438 bits per heavy atom. The van der Waals surface area contributed by atoms with Crippen LogP contribution in [0.2, 0.25) is 0 Å². The van der Waals surface area contributed by atoms with Gasteiger partial charge in [0.15, 0.2) is 0 Å². The molecule has 0 saturated carbocycles. The lowest BCUT2D eigenvalue weighted by Crippen LogP contribution is -2.47. The van der Waals surface area contributed by atoms with E-state index in [1.54, 1.807) is 0 Å². The molecule has 3 atom stereocenters. The van der Waals surface area contributed by atoms with Crippen LogP contribution in [0.3, 0.4) is 0 Å². The molecule has 3 unspecified atom stereocenters. The average molecular weight is 1150 g/mol. The Kier molecular flexibility index (Phi) is 58.6. The number of phosphoric ester groups is 1. The number of likely N-dealkylation sites (N-methyl/N-ethyl adjacent to an activating group) is 1. The number of esters is 1. The van der Waals surface area contributed by atoms with Crippen molar-refractivity contribution in [1.82, 2.24) is 5.32 Å². The first-order valence-electron chi connectivity index (χ1n) is 34.5. The molecular formula is C70H134N2O7P+. The molecule has 9 nitrogen and oxygen atoms in total. The van der Waals surface area contributed by atoms with Crippen LogP contribution >= 0.6 is 7.82 Å². The van der Waals surface area contributed by atoms with Crippen molar-refractivity contribution in [1.29, 1.82) is 0 Å². The normalized spacial score (nSPS) is 13.8. The Morgan fingerprint density at radius 3 is 1.16 bits per heavy atom. The summed E-state index contributed by atoms with van der Waals surface area (Å²) in [7, 11) is 1.51. The summed E-state index contributed by atoms with van der Waals surface area (Å²) in [5.74, 6) is -0.490. The second kappa shape index (κ2) is 60.1. The minimum Gasteiger partial charge on any atom is -0.456 e. The van der Waals surface area contributed by atoms with E-state index in [9.17, 15) is 19.0 Å². The van der Waals surface area contributed by atoms with E-state index in [2.05, 4.69) is 62.5 Å². The highest BCUT2D eigenvalue weighted by Gasteiger charge is 2.30. The molecule has 0 bridgehead atoms. The van der Waals surface area contributed by atoms with E-state index in [-0.39, 0.29) is 25.1 Å². The van der Waals surface area contributed by atoms with Crippen molar-refractivity contribution in [2.24, 2.45) is 0 Å². The quantitative estimate of drug-likeness (QED) is 0.0205. The average Bonchev–Trinajstić information content (AvgIpc) is 3.43. The third-order valence-corrected chi connectivity index (χ3v) is 16.5. The van der Waals surface area contributed by atoms with E-state index < -0.39 is 20.0 Å². The van der Waals surface area contributed by atoms with E-state index in [4.69, 9.17) is 13.8 Å². The van der Waals surface area contributed by atoms with Gasteiger partial charge in [0, 0.05) is 12.8 Å². The molecule has 1 amide bonds. The number of nitrogens with one attached hydrogen (secondary N) is 1. The predicted molar refractivity (Wildman–Crippen MR) is 346 cm³/mol. The number of ether oxygens (including phenoxy) is 1. The highest BCUT2D eigenvalue weighted by atomic mass is 31.2. The lowest BCUT2D eigenvalue weighted by atomic mass is 10.0. The zero-order chi connectivity index (χ0) is 58.6. The van der Waals surface area contributed by atoms with Gasteiger partial charge in [-0.1, -0.05) is 301 Å². The summed E-state index contributed by atoms with van der Waals surface area (Å²) in [6.07, 6.45) is 75.5. The van der Waals surface area contributed by atoms with Gasteiger partial charge in [0.2, 0.25) is 5.91 Å². The number of phosphoric acid groups is 1. The van der Waals surface area contributed by atoms with Crippen molar-refractivity contribution in [3.8, 4) is 0 Å². The Hall–Kier alpha value is -2.03. The smallest absolute Gasteiger partial charge is 0.456 e. The molecule has 0 spiro atoms. The first kappa shape index (κ1) is 78.0. The first-order chi connectivity index (χ1) is 38.9. The monoisotopic (exact) mass is 1150 g/mol. The van der Waals surface area contributed by atoms with Crippen LogP contribution < -0.4 is 5.32 Å². The molecule has 0 aromatic carbocycles. The van der Waals surface area contributed by atoms with Gasteiger partial charge in [0.1, 0.15) is 19.3 Å². The molecule has 0 saturated heterocycles. The fourth-order valence-corrected chi connectivity index (χ4v) is 10.9. The van der Waals surface area contributed by atoms with Gasteiger partial charge >= 0.3 is 13.8 Å². The number of quaternary nitrogens is 1. The molecule has 0 aromatic heterocycles. The van der Waals surface area contributed by atoms with Crippen molar-refractivity contribution in [2.45, 2.75) is 348 Å². The van der Waals surface area contributed by atoms with E-state index >= 15 is 0 Å². The molecule has 0 aliphatic rings. The number of rotatable bonds is 63. The Labute approximate surface area is 497 Å². The summed E-state index contributed by atoms with van der Waals surface area (Å²) in [5, 5.41) is 3.07. The second-order valence-corrected chi connectivity index (χ2v) is 26.2. The number of hydrogen-bond donors (Lipinski definition) is 2. The zero-order valence-corrected chi connectivity index (χ0v) is 54.7. The third kappa shape index (κ3) is 60.6. The van der Waals surface area contributed by atoms with Crippen molar-refractivity contribution < 1.29 is 37.3 Å². The van der Waals surface area contributed by atoms with Crippen molar-refractivity contribution >= 4 is 19.7 Å². The maximum Gasteiger partial charge on any atom is 0.472 e. The summed E-state index contributed by atoms with van der Waals surface area (Å²) in [4.78, 5) is 37.8. The number of carbonyl (C=O) groups is 2. The molecule has 0 heterocycles. The topological polar surface area (TPSA) is 111 Å². The van der Waals surface area contributed by atoms with Crippen LogP contribution in [-0.2, 0) is 27.9 Å². The van der Waals surface area contributed by atoms with Gasteiger partial charge in [-0.05, 0) is 70.3 Å². The largest absolute Gasteiger partial charge is 0.472 e. The summed E-state index contributed by atoms with van der Waals surface area (Å²) < 4.78 is 30.8. The summed E-state index contributed by atoms with van der Waals surface area (Å²) in [6, 6.07) is -0.845. The van der Waals surface area contributed by atoms with Gasteiger partial charge in [0.25, 0.3) is 0 Å².